The minimum atomic E-state index is -0.0154. The van der Waals surface area contributed by atoms with Gasteiger partial charge in [0, 0.05) is 30.5 Å². The van der Waals surface area contributed by atoms with Crippen LogP contribution in [0.15, 0.2) is 48.8 Å². The van der Waals surface area contributed by atoms with Gasteiger partial charge in [-0.15, -0.1) is 0 Å². The van der Waals surface area contributed by atoms with Crippen molar-refractivity contribution in [2.24, 2.45) is 5.92 Å². The van der Waals surface area contributed by atoms with E-state index < -0.39 is 0 Å². The molecule has 1 aromatic carbocycles. The van der Waals surface area contributed by atoms with Gasteiger partial charge in [-0.2, -0.15) is 0 Å². The van der Waals surface area contributed by atoms with Crippen LogP contribution in [0.4, 0.5) is 5.69 Å². The molecule has 3 rings (SSSR count). The molecule has 0 radical (unpaired) electrons. The Bertz CT molecular complexity index is 754. The molecule has 2 N–H and O–H groups in total. The Hall–Kier alpha value is -2.73. The van der Waals surface area contributed by atoms with Crippen molar-refractivity contribution in [3.05, 3.63) is 59.9 Å². The topological polar surface area (TPSA) is 74.3 Å². The smallest absolute Gasteiger partial charge is 0.238 e. The number of carbonyl (C=O) groups is 2. The Balaban J connectivity index is 1.38. The Kier molecular flexibility index (Phi) is 6.54. The second-order valence-corrected chi connectivity index (χ2v) is 7.04. The highest BCUT2D eigenvalue weighted by Gasteiger charge is 2.25. The fraction of sp³-hybridized carbons (Fsp3) is 0.381. The Labute approximate surface area is 160 Å². The quantitative estimate of drug-likeness (QED) is 0.823. The summed E-state index contributed by atoms with van der Waals surface area (Å²) in [6, 6.07) is 11.6. The van der Waals surface area contributed by atoms with E-state index in [-0.39, 0.29) is 17.7 Å². The molecule has 1 saturated heterocycles. The number of nitrogens with zero attached hydrogens (tertiary/aromatic N) is 2. The number of pyridine rings is 1. The molecule has 2 amide bonds. The summed E-state index contributed by atoms with van der Waals surface area (Å²) in [6.45, 7) is 4.39. The lowest BCUT2D eigenvalue weighted by Crippen LogP contribution is -2.43. The van der Waals surface area contributed by atoms with E-state index in [0.717, 1.165) is 42.7 Å². The van der Waals surface area contributed by atoms with E-state index >= 15 is 0 Å². The number of hydrogen-bond acceptors (Lipinski definition) is 4. The van der Waals surface area contributed by atoms with Gasteiger partial charge in [0.2, 0.25) is 11.8 Å². The number of aromatic nitrogens is 1. The number of amides is 2. The molecule has 1 aromatic heterocycles. The SMILES string of the molecule is Cc1ccc(NC(=O)CN2CCC(C(=O)NCc3cccnc3)CC2)cc1. The van der Waals surface area contributed by atoms with Gasteiger partial charge in [0.25, 0.3) is 0 Å². The Morgan fingerprint density at radius 2 is 1.89 bits per heavy atom. The van der Waals surface area contributed by atoms with Crippen molar-refractivity contribution in [3.63, 3.8) is 0 Å². The Morgan fingerprint density at radius 1 is 1.15 bits per heavy atom. The van der Waals surface area contributed by atoms with Gasteiger partial charge in [0.15, 0.2) is 0 Å². The van der Waals surface area contributed by atoms with Crippen molar-refractivity contribution in [1.82, 2.24) is 15.2 Å². The van der Waals surface area contributed by atoms with Gasteiger partial charge in [-0.25, -0.2) is 0 Å². The molecule has 2 heterocycles. The number of nitrogens with one attached hydrogen (secondary N) is 2. The standard InChI is InChI=1S/C21H26N4O2/c1-16-4-6-19(7-5-16)24-20(26)15-25-11-8-18(9-12-25)21(27)23-14-17-3-2-10-22-13-17/h2-7,10,13,18H,8-9,11-12,14-15H2,1H3,(H,23,27)(H,24,26). The first-order chi connectivity index (χ1) is 13.1. The number of benzene rings is 1. The maximum atomic E-state index is 12.3. The second kappa shape index (κ2) is 9.28. The highest BCUT2D eigenvalue weighted by atomic mass is 16.2. The molecule has 1 aliphatic heterocycles. The summed E-state index contributed by atoms with van der Waals surface area (Å²) in [7, 11) is 0. The number of anilines is 1. The van der Waals surface area contributed by atoms with Gasteiger partial charge in [-0.05, 0) is 56.6 Å². The zero-order chi connectivity index (χ0) is 19.1. The summed E-state index contributed by atoms with van der Waals surface area (Å²) < 4.78 is 0. The number of likely N-dealkylation sites (tertiary alicyclic amines) is 1. The lowest BCUT2D eigenvalue weighted by molar-refractivity contribution is -0.126. The molecule has 0 spiro atoms. The van der Waals surface area contributed by atoms with Crippen LogP contribution in [0.25, 0.3) is 0 Å². The van der Waals surface area contributed by atoms with Crippen LogP contribution in [0.1, 0.15) is 24.0 Å². The van der Waals surface area contributed by atoms with E-state index in [1.807, 2.05) is 43.3 Å². The van der Waals surface area contributed by atoms with Crippen molar-refractivity contribution in [2.75, 3.05) is 25.0 Å². The first kappa shape index (κ1) is 19.0. The predicted octanol–water partition coefficient (Wildman–Crippen LogP) is 2.36. The maximum Gasteiger partial charge on any atom is 0.238 e. The molecule has 0 atom stereocenters. The van der Waals surface area contributed by atoms with Crippen molar-refractivity contribution in [2.45, 2.75) is 26.3 Å². The molecule has 0 unspecified atom stereocenters. The van der Waals surface area contributed by atoms with Crippen LogP contribution in [0.2, 0.25) is 0 Å². The summed E-state index contributed by atoms with van der Waals surface area (Å²) in [5, 5.41) is 5.91. The third-order valence-corrected chi connectivity index (χ3v) is 4.85. The molecular formula is C21H26N4O2. The van der Waals surface area contributed by atoms with Crippen molar-refractivity contribution in [1.29, 1.82) is 0 Å². The molecule has 6 heteroatoms. The zero-order valence-corrected chi connectivity index (χ0v) is 15.6. The highest BCUT2D eigenvalue weighted by Crippen LogP contribution is 2.17. The van der Waals surface area contributed by atoms with E-state index in [0.29, 0.717) is 13.1 Å². The normalized spacial score (nSPS) is 15.3. The number of aryl methyl sites for hydroxylation is 1. The summed E-state index contributed by atoms with van der Waals surface area (Å²) in [4.78, 5) is 30.7. The number of hydrogen-bond donors (Lipinski definition) is 2. The average molecular weight is 366 g/mol. The van der Waals surface area contributed by atoms with E-state index in [1.54, 1.807) is 12.4 Å². The third kappa shape index (κ3) is 5.89. The molecule has 1 aliphatic rings. The average Bonchev–Trinajstić information content (AvgIpc) is 2.69. The predicted molar refractivity (Wildman–Crippen MR) is 105 cm³/mol. The van der Waals surface area contributed by atoms with Gasteiger partial charge in [-0.1, -0.05) is 23.8 Å². The molecule has 142 valence electrons. The van der Waals surface area contributed by atoms with Gasteiger partial charge in [-0.3, -0.25) is 19.5 Å². The van der Waals surface area contributed by atoms with Crippen molar-refractivity contribution in [3.8, 4) is 0 Å². The number of rotatable bonds is 6. The van der Waals surface area contributed by atoms with E-state index in [2.05, 4.69) is 20.5 Å². The Morgan fingerprint density at radius 3 is 2.56 bits per heavy atom. The lowest BCUT2D eigenvalue weighted by Gasteiger charge is -2.30. The summed E-state index contributed by atoms with van der Waals surface area (Å²) in [6.07, 6.45) is 5.03. The monoisotopic (exact) mass is 366 g/mol. The molecule has 6 nitrogen and oxygen atoms in total. The second-order valence-electron chi connectivity index (χ2n) is 7.04. The van der Waals surface area contributed by atoms with Crippen LogP contribution in [-0.4, -0.2) is 41.3 Å². The first-order valence-electron chi connectivity index (χ1n) is 9.35. The van der Waals surface area contributed by atoms with Crippen LogP contribution in [0.5, 0.6) is 0 Å². The van der Waals surface area contributed by atoms with Gasteiger partial charge < -0.3 is 10.6 Å². The van der Waals surface area contributed by atoms with Gasteiger partial charge >= 0.3 is 0 Å². The summed E-state index contributed by atoms with van der Waals surface area (Å²) in [5.74, 6) is 0.0824. The van der Waals surface area contributed by atoms with Crippen LogP contribution in [0.3, 0.4) is 0 Å². The third-order valence-electron chi connectivity index (χ3n) is 4.85. The van der Waals surface area contributed by atoms with Crippen molar-refractivity contribution >= 4 is 17.5 Å². The maximum absolute atomic E-state index is 12.3. The molecule has 0 saturated carbocycles. The minimum Gasteiger partial charge on any atom is -0.352 e. The fourth-order valence-electron chi connectivity index (χ4n) is 3.23. The molecule has 0 bridgehead atoms. The largest absolute Gasteiger partial charge is 0.352 e. The summed E-state index contributed by atoms with van der Waals surface area (Å²) in [5.41, 5.74) is 2.98. The molecule has 1 fully saturated rings. The first-order valence-corrected chi connectivity index (χ1v) is 9.35. The van der Waals surface area contributed by atoms with Gasteiger partial charge in [0.1, 0.15) is 0 Å². The highest BCUT2D eigenvalue weighted by molar-refractivity contribution is 5.92. The fourth-order valence-corrected chi connectivity index (χ4v) is 3.23. The molecule has 2 aromatic rings. The minimum absolute atomic E-state index is 0.0121. The van der Waals surface area contributed by atoms with Crippen LogP contribution in [-0.2, 0) is 16.1 Å². The van der Waals surface area contributed by atoms with Crippen LogP contribution >= 0.6 is 0 Å². The van der Waals surface area contributed by atoms with Crippen LogP contribution in [0, 0.1) is 12.8 Å². The van der Waals surface area contributed by atoms with E-state index in [4.69, 9.17) is 0 Å². The summed E-state index contributed by atoms with van der Waals surface area (Å²) >= 11 is 0. The zero-order valence-electron chi connectivity index (χ0n) is 15.6. The van der Waals surface area contributed by atoms with Crippen molar-refractivity contribution < 1.29 is 9.59 Å². The van der Waals surface area contributed by atoms with Crippen LogP contribution < -0.4 is 10.6 Å². The van der Waals surface area contributed by atoms with E-state index in [1.165, 1.54) is 0 Å². The molecule has 27 heavy (non-hydrogen) atoms. The van der Waals surface area contributed by atoms with E-state index in [9.17, 15) is 9.59 Å². The lowest BCUT2D eigenvalue weighted by atomic mass is 9.96. The number of piperidine rings is 1. The molecule has 0 aliphatic carbocycles. The number of carbonyl (C=O) groups excluding carboxylic acids is 2. The molecular weight excluding hydrogens is 340 g/mol. The van der Waals surface area contributed by atoms with Gasteiger partial charge in [0.05, 0.1) is 6.54 Å².